The second-order valence-corrected chi connectivity index (χ2v) is 2.49. The minimum absolute atomic E-state index is 0.0774. The van der Waals surface area contributed by atoms with Gasteiger partial charge in [0, 0.05) is 6.42 Å². The minimum Gasteiger partial charge on any atom is -0.493 e. The molecule has 0 amide bonds. The third kappa shape index (κ3) is 4.36. The molecule has 0 aliphatic heterocycles. The summed E-state index contributed by atoms with van der Waals surface area (Å²) < 4.78 is 17.0. The number of ether oxygens (including phenoxy) is 1. The maximum atomic E-state index is 11.9. The molecule has 10 heavy (non-hydrogen) atoms. The summed E-state index contributed by atoms with van der Waals surface area (Å²) in [4.78, 5) is 0. The molecule has 0 fully saturated rings. The topological polar surface area (TPSA) is 9.23 Å². The van der Waals surface area contributed by atoms with Gasteiger partial charge < -0.3 is 4.74 Å². The van der Waals surface area contributed by atoms with Crippen LogP contribution in [0.4, 0.5) is 4.39 Å². The van der Waals surface area contributed by atoms with E-state index in [2.05, 4.69) is 0 Å². The summed E-state index contributed by atoms with van der Waals surface area (Å²) in [5.74, 6) is 0.456. The second kappa shape index (κ2) is 5.27. The molecule has 2 heteroatoms. The van der Waals surface area contributed by atoms with Crippen molar-refractivity contribution in [3.05, 3.63) is 12.1 Å². The fourth-order valence-electron chi connectivity index (χ4n) is 0.688. The van der Waals surface area contributed by atoms with E-state index in [1.807, 2.05) is 20.8 Å². The van der Waals surface area contributed by atoms with Crippen molar-refractivity contribution in [2.24, 2.45) is 0 Å². The molecule has 0 aromatic rings. The molecule has 0 aromatic carbocycles. The lowest BCUT2D eigenvalue weighted by atomic mass is 10.3. The van der Waals surface area contributed by atoms with Crippen molar-refractivity contribution in [1.29, 1.82) is 0 Å². The van der Waals surface area contributed by atoms with Crippen LogP contribution in [0, 0.1) is 0 Å². The van der Waals surface area contributed by atoms with E-state index in [-0.39, 0.29) is 6.10 Å². The Balaban J connectivity index is 3.62. The Morgan fingerprint density at radius 1 is 1.60 bits per heavy atom. The van der Waals surface area contributed by atoms with E-state index in [9.17, 15) is 4.39 Å². The first kappa shape index (κ1) is 9.47. The van der Waals surface area contributed by atoms with Crippen molar-refractivity contribution < 1.29 is 9.13 Å². The van der Waals surface area contributed by atoms with Crippen LogP contribution in [0.5, 0.6) is 0 Å². The van der Waals surface area contributed by atoms with E-state index >= 15 is 0 Å². The summed E-state index contributed by atoms with van der Waals surface area (Å²) in [5, 5.41) is 0. The highest BCUT2D eigenvalue weighted by Crippen LogP contribution is 2.09. The van der Waals surface area contributed by atoms with Gasteiger partial charge in [-0.15, -0.1) is 0 Å². The zero-order chi connectivity index (χ0) is 7.98. The van der Waals surface area contributed by atoms with E-state index in [0.29, 0.717) is 18.5 Å². The summed E-state index contributed by atoms with van der Waals surface area (Å²) >= 11 is 0. The molecule has 0 rings (SSSR count). The van der Waals surface area contributed by atoms with Gasteiger partial charge in [0.2, 0.25) is 0 Å². The third-order valence-corrected chi connectivity index (χ3v) is 1.01. The SMILES string of the molecule is CCC/C(=C\F)OC(C)C. The van der Waals surface area contributed by atoms with Crippen molar-refractivity contribution in [3.63, 3.8) is 0 Å². The van der Waals surface area contributed by atoms with Gasteiger partial charge in [0.25, 0.3) is 0 Å². The van der Waals surface area contributed by atoms with Gasteiger partial charge in [-0.3, -0.25) is 0 Å². The van der Waals surface area contributed by atoms with Crippen LogP contribution in [0.15, 0.2) is 12.1 Å². The normalized spacial score (nSPS) is 12.3. The van der Waals surface area contributed by atoms with Gasteiger partial charge in [-0.05, 0) is 20.3 Å². The van der Waals surface area contributed by atoms with Gasteiger partial charge in [-0.1, -0.05) is 6.92 Å². The summed E-state index contributed by atoms with van der Waals surface area (Å²) in [6.45, 7) is 5.77. The van der Waals surface area contributed by atoms with E-state index in [1.165, 1.54) is 0 Å². The molecular weight excluding hydrogens is 131 g/mol. The third-order valence-electron chi connectivity index (χ3n) is 1.01. The predicted molar refractivity (Wildman–Crippen MR) is 40.3 cm³/mol. The van der Waals surface area contributed by atoms with E-state index < -0.39 is 0 Å². The van der Waals surface area contributed by atoms with E-state index in [4.69, 9.17) is 4.74 Å². The van der Waals surface area contributed by atoms with Crippen LogP contribution in [-0.4, -0.2) is 6.10 Å². The molecule has 0 unspecified atom stereocenters. The second-order valence-electron chi connectivity index (χ2n) is 2.49. The maximum absolute atomic E-state index is 11.9. The molecule has 0 aromatic heterocycles. The van der Waals surface area contributed by atoms with Crippen LogP contribution in [-0.2, 0) is 4.74 Å². The maximum Gasteiger partial charge on any atom is 0.124 e. The predicted octanol–water partition coefficient (Wildman–Crippen LogP) is 3.02. The number of rotatable bonds is 4. The van der Waals surface area contributed by atoms with Gasteiger partial charge in [-0.2, -0.15) is 0 Å². The van der Waals surface area contributed by atoms with Gasteiger partial charge >= 0.3 is 0 Å². The molecule has 60 valence electrons. The van der Waals surface area contributed by atoms with Crippen molar-refractivity contribution in [2.45, 2.75) is 39.7 Å². The lowest BCUT2D eigenvalue weighted by Crippen LogP contribution is -2.01. The standard InChI is InChI=1S/C8H15FO/c1-4-5-8(6-9)10-7(2)3/h6-7H,4-5H2,1-3H3/b8-6+. The minimum atomic E-state index is 0.0774. The Kier molecular flexibility index (Phi) is 4.99. The van der Waals surface area contributed by atoms with Crippen LogP contribution < -0.4 is 0 Å². The number of hydrogen-bond acceptors (Lipinski definition) is 1. The summed E-state index contributed by atoms with van der Waals surface area (Å²) in [7, 11) is 0. The lowest BCUT2D eigenvalue weighted by Gasteiger charge is -2.10. The van der Waals surface area contributed by atoms with Gasteiger partial charge in [0.1, 0.15) is 12.1 Å². The first-order valence-corrected chi connectivity index (χ1v) is 3.66. The van der Waals surface area contributed by atoms with E-state index in [0.717, 1.165) is 6.42 Å². The molecule has 0 saturated heterocycles. The van der Waals surface area contributed by atoms with Gasteiger partial charge in [0.15, 0.2) is 0 Å². The molecule has 0 N–H and O–H groups in total. The number of halogens is 1. The highest BCUT2D eigenvalue weighted by molar-refractivity contribution is 4.86. The van der Waals surface area contributed by atoms with Crippen LogP contribution in [0.25, 0.3) is 0 Å². The summed E-state index contributed by atoms with van der Waals surface area (Å²) in [5.41, 5.74) is 0. The number of allylic oxidation sites excluding steroid dienone is 1. The molecule has 0 aliphatic rings. The van der Waals surface area contributed by atoms with Crippen molar-refractivity contribution >= 4 is 0 Å². The molecule has 0 atom stereocenters. The zero-order valence-corrected chi connectivity index (χ0v) is 6.86. The van der Waals surface area contributed by atoms with Crippen LogP contribution in [0.1, 0.15) is 33.6 Å². The fourth-order valence-corrected chi connectivity index (χ4v) is 0.688. The fraction of sp³-hybridized carbons (Fsp3) is 0.750. The van der Waals surface area contributed by atoms with Crippen LogP contribution in [0.3, 0.4) is 0 Å². The Bertz CT molecular complexity index is 108. The average molecular weight is 146 g/mol. The average Bonchev–Trinajstić information content (AvgIpc) is 1.86. The van der Waals surface area contributed by atoms with Crippen LogP contribution >= 0.6 is 0 Å². The quantitative estimate of drug-likeness (QED) is 0.554. The molecule has 0 bridgehead atoms. The summed E-state index contributed by atoms with van der Waals surface area (Å²) in [6, 6.07) is 0. The van der Waals surface area contributed by atoms with Crippen LogP contribution in [0.2, 0.25) is 0 Å². The molecule has 0 aliphatic carbocycles. The Hall–Kier alpha value is -0.530. The molecular formula is C8H15FO. The summed E-state index contributed by atoms with van der Waals surface area (Å²) in [6.07, 6.45) is 2.23. The van der Waals surface area contributed by atoms with Crippen molar-refractivity contribution in [3.8, 4) is 0 Å². The Labute approximate surface area is 61.9 Å². The van der Waals surface area contributed by atoms with Crippen molar-refractivity contribution in [1.82, 2.24) is 0 Å². The Morgan fingerprint density at radius 2 is 2.20 bits per heavy atom. The molecule has 0 radical (unpaired) electrons. The molecule has 0 heterocycles. The highest BCUT2D eigenvalue weighted by atomic mass is 19.1. The Morgan fingerprint density at radius 3 is 2.50 bits per heavy atom. The molecule has 0 saturated carbocycles. The monoisotopic (exact) mass is 146 g/mol. The molecule has 1 nitrogen and oxygen atoms in total. The highest BCUT2D eigenvalue weighted by Gasteiger charge is 1.98. The first-order chi connectivity index (χ1) is 4.70. The lowest BCUT2D eigenvalue weighted by molar-refractivity contribution is 0.135. The zero-order valence-electron chi connectivity index (χ0n) is 6.86. The largest absolute Gasteiger partial charge is 0.493 e. The molecule has 0 spiro atoms. The van der Waals surface area contributed by atoms with Crippen molar-refractivity contribution in [2.75, 3.05) is 0 Å². The van der Waals surface area contributed by atoms with Gasteiger partial charge in [-0.25, -0.2) is 4.39 Å². The first-order valence-electron chi connectivity index (χ1n) is 3.66. The smallest absolute Gasteiger partial charge is 0.124 e. The number of hydrogen-bond donors (Lipinski definition) is 0. The van der Waals surface area contributed by atoms with Gasteiger partial charge in [0.05, 0.1) is 6.10 Å². The van der Waals surface area contributed by atoms with E-state index in [1.54, 1.807) is 0 Å².